The molecule has 2 aliphatic heterocycles. The van der Waals surface area contributed by atoms with Crippen LogP contribution in [-0.2, 0) is 6.18 Å². The Bertz CT molecular complexity index is 2070. The first kappa shape index (κ1) is 25.2. The first-order valence-corrected chi connectivity index (χ1v) is 13.8. The number of alkyl halides is 3. The highest BCUT2D eigenvalue weighted by molar-refractivity contribution is 6.31. The standard InChI is InChI=1S/C30H21ClF3N7O/c1-14-19-4-2-15(6-23(19)37-36-14)17-7-24(35-12-17)29-22-11-21(22)26-8-16(9-28(42)41(26)29)20-10-18(31)3-5-25(20)40-13-27(38-39-40)30(32,33)34/h2-6,8-10,12-13,21-22,29H,7,11H2,1H3,(H,36,37). The van der Waals surface area contributed by atoms with Crippen molar-refractivity contribution in [1.82, 2.24) is 29.8 Å². The molecule has 1 saturated carbocycles. The number of aliphatic imine (C=N–C) groups is 1. The molecule has 1 N–H and O–H groups in total. The van der Waals surface area contributed by atoms with E-state index in [4.69, 9.17) is 16.6 Å². The smallest absolute Gasteiger partial charge is 0.303 e. The molecule has 1 fully saturated rings. The minimum Gasteiger partial charge on any atom is -0.303 e. The summed E-state index contributed by atoms with van der Waals surface area (Å²) in [5, 5.41) is 15.8. The molecule has 0 saturated heterocycles. The van der Waals surface area contributed by atoms with E-state index in [0.717, 1.165) is 56.4 Å². The summed E-state index contributed by atoms with van der Waals surface area (Å²) < 4.78 is 42.5. The number of hydrogen-bond donors (Lipinski definition) is 1. The Balaban J connectivity index is 1.13. The van der Waals surface area contributed by atoms with Gasteiger partial charge in [-0.25, -0.2) is 4.68 Å². The lowest BCUT2D eigenvalue weighted by Gasteiger charge is -2.20. The molecule has 8 nitrogen and oxygen atoms in total. The van der Waals surface area contributed by atoms with E-state index >= 15 is 0 Å². The monoisotopic (exact) mass is 587 g/mol. The van der Waals surface area contributed by atoms with Crippen molar-refractivity contribution in [3.63, 3.8) is 0 Å². The summed E-state index contributed by atoms with van der Waals surface area (Å²) in [7, 11) is 0. The molecule has 3 aromatic heterocycles. The maximum Gasteiger partial charge on any atom is 0.436 e. The quantitative estimate of drug-likeness (QED) is 0.260. The van der Waals surface area contributed by atoms with Crippen LogP contribution in [0, 0.1) is 12.8 Å². The molecule has 210 valence electrons. The summed E-state index contributed by atoms with van der Waals surface area (Å²) in [4.78, 5) is 18.5. The topological polar surface area (TPSA) is 93.8 Å². The number of halogens is 4. The van der Waals surface area contributed by atoms with Gasteiger partial charge >= 0.3 is 6.18 Å². The third-order valence-corrected chi connectivity index (χ3v) is 8.75. The van der Waals surface area contributed by atoms with Crippen LogP contribution >= 0.6 is 11.6 Å². The largest absolute Gasteiger partial charge is 0.436 e. The molecule has 12 heteroatoms. The second-order valence-corrected chi connectivity index (χ2v) is 11.5. The van der Waals surface area contributed by atoms with Gasteiger partial charge in [0.25, 0.3) is 5.56 Å². The predicted octanol–water partition coefficient (Wildman–Crippen LogP) is 6.50. The van der Waals surface area contributed by atoms with Gasteiger partial charge in [-0.05, 0) is 66.3 Å². The van der Waals surface area contributed by atoms with E-state index in [-0.39, 0.29) is 23.4 Å². The number of fused-ring (bicyclic) bond motifs is 4. The Labute approximate surface area is 241 Å². The lowest BCUT2D eigenvalue weighted by atomic mass is 9.97. The van der Waals surface area contributed by atoms with Crippen molar-refractivity contribution in [1.29, 1.82) is 0 Å². The summed E-state index contributed by atoms with van der Waals surface area (Å²) in [5.41, 5.74) is 6.01. The number of hydrogen-bond acceptors (Lipinski definition) is 5. The predicted molar refractivity (Wildman–Crippen MR) is 152 cm³/mol. The third kappa shape index (κ3) is 3.87. The number of pyridine rings is 1. The van der Waals surface area contributed by atoms with E-state index in [9.17, 15) is 18.0 Å². The van der Waals surface area contributed by atoms with Crippen LogP contribution in [0.4, 0.5) is 13.2 Å². The maximum atomic E-state index is 13.7. The number of nitrogens with zero attached hydrogens (tertiary/aromatic N) is 6. The molecular formula is C30H21ClF3N7O. The minimum atomic E-state index is -4.63. The fourth-order valence-electron chi connectivity index (χ4n) is 6.43. The van der Waals surface area contributed by atoms with Gasteiger partial charge in [0, 0.05) is 57.7 Å². The Morgan fingerprint density at radius 1 is 1.07 bits per heavy atom. The van der Waals surface area contributed by atoms with Gasteiger partial charge in [0.15, 0.2) is 5.69 Å². The van der Waals surface area contributed by atoms with Crippen LogP contribution in [0.15, 0.2) is 70.7 Å². The van der Waals surface area contributed by atoms with Crippen LogP contribution in [-0.4, -0.2) is 35.5 Å². The number of aromatic nitrogens is 6. The van der Waals surface area contributed by atoms with Gasteiger partial charge in [-0.1, -0.05) is 28.9 Å². The fraction of sp³-hybridized carbons (Fsp3) is 0.233. The van der Waals surface area contributed by atoms with E-state index < -0.39 is 11.9 Å². The molecule has 2 aromatic carbocycles. The highest BCUT2D eigenvalue weighted by Crippen LogP contribution is 2.60. The molecule has 5 heterocycles. The van der Waals surface area contributed by atoms with E-state index in [1.165, 1.54) is 6.07 Å². The molecule has 1 aliphatic carbocycles. The zero-order valence-electron chi connectivity index (χ0n) is 22.0. The second-order valence-electron chi connectivity index (χ2n) is 11.1. The molecular weight excluding hydrogens is 567 g/mol. The van der Waals surface area contributed by atoms with Gasteiger partial charge in [0.2, 0.25) is 0 Å². The van der Waals surface area contributed by atoms with Crippen molar-refractivity contribution < 1.29 is 13.2 Å². The van der Waals surface area contributed by atoms with E-state index in [1.54, 1.807) is 18.2 Å². The van der Waals surface area contributed by atoms with Crippen molar-refractivity contribution in [2.45, 2.75) is 37.9 Å². The van der Waals surface area contributed by atoms with Crippen molar-refractivity contribution in [2.75, 3.05) is 0 Å². The Morgan fingerprint density at radius 2 is 1.93 bits per heavy atom. The van der Waals surface area contributed by atoms with E-state index in [0.29, 0.717) is 28.3 Å². The zero-order chi connectivity index (χ0) is 28.9. The first-order chi connectivity index (χ1) is 20.2. The highest BCUT2D eigenvalue weighted by Gasteiger charge is 2.54. The van der Waals surface area contributed by atoms with E-state index in [1.807, 2.05) is 23.8 Å². The molecule has 8 rings (SSSR count). The van der Waals surface area contributed by atoms with Gasteiger partial charge < -0.3 is 4.57 Å². The molecule has 0 spiro atoms. The molecule has 0 radical (unpaired) electrons. The van der Waals surface area contributed by atoms with Crippen LogP contribution in [0.1, 0.15) is 47.4 Å². The lowest BCUT2D eigenvalue weighted by Crippen LogP contribution is -2.29. The number of aromatic amines is 1. The van der Waals surface area contributed by atoms with Gasteiger partial charge in [-0.2, -0.15) is 18.3 Å². The molecule has 3 atom stereocenters. The Hall–Kier alpha value is -4.51. The van der Waals surface area contributed by atoms with Gasteiger partial charge in [-0.3, -0.25) is 14.9 Å². The third-order valence-electron chi connectivity index (χ3n) is 8.52. The number of nitrogens with one attached hydrogen (secondary N) is 1. The van der Waals surface area contributed by atoms with Crippen LogP contribution < -0.4 is 5.56 Å². The number of H-pyrrole nitrogens is 1. The molecule has 3 aliphatic rings. The summed E-state index contributed by atoms with van der Waals surface area (Å²) >= 11 is 6.30. The molecule has 3 unspecified atom stereocenters. The minimum absolute atomic E-state index is 0.139. The number of rotatable bonds is 4. The van der Waals surface area contributed by atoms with Crippen molar-refractivity contribution in [2.24, 2.45) is 10.9 Å². The van der Waals surface area contributed by atoms with Crippen LogP contribution in [0.2, 0.25) is 5.02 Å². The lowest BCUT2D eigenvalue weighted by molar-refractivity contribution is -0.141. The highest BCUT2D eigenvalue weighted by atomic mass is 35.5. The average molecular weight is 588 g/mol. The fourth-order valence-corrected chi connectivity index (χ4v) is 6.60. The number of benzene rings is 2. The second kappa shape index (κ2) is 8.75. The van der Waals surface area contributed by atoms with Crippen molar-refractivity contribution in [3.05, 3.63) is 98.9 Å². The Kier molecular flexibility index (Phi) is 5.25. The number of aryl methyl sites for hydroxylation is 1. The average Bonchev–Trinajstić information content (AvgIpc) is 3.37. The molecule has 42 heavy (non-hydrogen) atoms. The molecule has 0 amide bonds. The van der Waals surface area contributed by atoms with Gasteiger partial charge in [-0.15, -0.1) is 5.10 Å². The molecule has 0 bridgehead atoms. The summed E-state index contributed by atoms with van der Waals surface area (Å²) in [6.07, 6.45) is -0.330. The summed E-state index contributed by atoms with van der Waals surface area (Å²) in [6, 6.07) is 14.3. The van der Waals surface area contributed by atoms with Crippen LogP contribution in [0.25, 0.3) is 33.3 Å². The van der Waals surface area contributed by atoms with Gasteiger partial charge in [0.05, 0.1) is 23.4 Å². The van der Waals surface area contributed by atoms with Crippen LogP contribution in [0.5, 0.6) is 0 Å². The van der Waals surface area contributed by atoms with E-state index in [2.05, 4.69) is 38.7 Å². The van der Waals surface area contributed by atoms with Crippen molar-refractivity contribution >= 4 is 33.8 Å². The SMILES string of the molecule is Cc1[nH]nc2cc(C3=CN=C(C4C5CC5c5cc(-c6cc(Cl)ccc6-n6cc(C(F)(F)F)nn6)cc(=O)n54)C3)ccc12. The summed E-state index contributed by atoms with van der Waals surface area (Å²) in [5.74, 6) is 0.489. The van der Waals surface area contributed by atoms with Gasteiger partial charge in [0.1, 0.15) is 0 Å². The Morgan fingerprint density at radius 3 is 2.74 bits per heavy atom. The summed E-state index contributed by atoms with van der Waals surface area (Å²) in [6.45, 7) is 1.99. The normalized spacial score (nSPS) is 20.9. The zero-order valence-corrected chi connectivity index (χ0v) is 22.8. The molecule has 5 aromatic rings. The van der Waals surface area contributed by atoms with Crippen LogP contribution in [0.3, 0.4) is 0 Å². The van der Waals surface area contributed by atoms with Crippen molar-refractivity contribution in [3.8, 4) is 16.8 Å². The first-order valence-electron chi connectivity index (χ1n) is 13.4. The number of allylic oxidation sites excluding steroid dienone is 1. The maximum absolute atomic E-state index is 13.7.